The standard InChI is InChI=1S/C28H35NO5/c1-18-25(17-33-22-12-8-20-9-13-26(30)24(20)16-22)23(19-6-10-21(32-5)11-7-19)14-15-29(18)27(31)34-28(2,3)4/h6-8,10-12,16,18,23,25H,9,13-15,17H2,1-5H3/t18-,23+,25-/m1/s1. The Morgan fingerprint density at radius 2 is 1.76 bits per heavy atom. The maximum atomic E-state index is 12.9. The van der Waals surface area contributed by atoms with Gasteiger partial charge in [0.1, 0.15) is 17.1 Å². The Balaban J connectivity index is 1.56. The van der Waals surface area contributed by atoms with Crippen LogP contribution in [0.4, 0.5) is 4.79 Å². The lowest BCUT2D eigenvalue weighted by Gasteiger charge is -2.44. The van der Waals surface area contributed by atoms with Crippen LogP contribution in [0.25, 0.3) is 0 Å². The second kappa shape index (κ2) is 9.69. The molecule has 4 rings (SSSR count). The van der Waals surface area contributed by atoms with E-state index in [0.717, 1.165) is 29.7 Å². The summed E-state index contributed by atoms with van der Waals surface area (Å²) < 4.78 is 17.3. The molecule has 6 nitrogen and oxygen atoms in total. The summed E-state index contributed by atoms with van der Waals surface area (Å²) >= 11 is 0. The van der Waals surface area contributed by atoms with Crippen molar-refractivity contribution >= 4 is 11.9 Å². The molecule has 1 fully saturated rings. The maximum Gasteiger partial charge on any atom is 0.410 e. The minimum absolute atomic E-state index is 0.0543. The monoisotopic (exact) mass is 465 g/mol. The van der Waals surface area contributed by atoms with Crippen LogP contribution in [-0.2, 0) is 11.2 Å². The summed E-state index contributed by atoms with van der Waals surface area (Å²) in [4.78, 5) is 26.9. The Morgan fingerprint density at radius 3 is 2.44 bits per heavy atom. The number of fused-ring (bicyclic) bond motifs is 1. The fourth-order valence-corrected chi connectivity index (χ4v) is 5.06. The molecule has 0 saturated carbocycles. The summed E-state index contributed by atoms with van der Waals surface area (Å²) in [5, 5.41) is 0. The van der Waals surface area contributed by atoms with E-state index in [9.17, 15) is 9.59 Å². The van der Waals surface area contributed by atoms with Crippen molar-refractivity contribution in [2.24, 2.45) is 5.92 Å². The van der Waals surface area contributed by atoms with E-state index < -0.39 is 5.60 Å². The minimum atomic E-state index is -0.549. The zero-order valence-corrected chi connectivity index (χ0v) is 20.8. The zero-order valence-electron chi connectivity index (χ0n) is 20.8. The van der Waals surface area contributed by atoms with Gasteiger partial charge in [0.25, 0.3) is 0 Å². The van der Waals surface area contributed by atoms with Crippen LogP contribution in [0, 0.1) is 5.92 Å². The second-order valence-electron chi connectivity index (χ2n) is 10.3. The normalized spacial score (nSPS) is 22.3. The number of benzene rings is 2. The van der Waals surface area contributed by atoms with E-state index in [-0.39, 0.29) is 29.8 Å². The summed E-state index contributed by atoms with van der Waals surface area (Å²) in [5.74, 6) is 1.97. The van der Waals surface area contributed by atoms with Crippen molar-refractivity contribution in [3.63, 3.8) is 0 Å². The highest BCUT2D eigenvalue weighted by molar-refractivity contribution is 6.00. The molecule has 2 aromatic carbocycles. The first-order chi connectivity index (χ1) is 16.2. The lowest BCUT2D eigenvalue weighted by atomic mass is 9.76. The number of methoxy groups -OCH3 is 1. The van der Waals surface area contributed by atoms with Crippen molar-refractivity contribution < 1.29 is 23.8 Å². The quantitative estimate of drug-likeness (QED) is 0.572. The molecule has 34 heavy (non-hydrogen) atoms. The number of carbonyl (C=O) groups excluding carboxylic acids is 2. The van der Waals surface area contributed by atoms with Crippen molar-refractivity contribution in [2.45, 2.75) is 64.5 Å². The van der Waals surface area contributed by atoms with Crippen LogP contribution >= 0.6 is 0 Å². The first-order valence-corrected chi connectivity index (χ1v) is 12.1. The van der Waals surface area contributed by atoms with Gasteiger partial charge in [0, 0.05) is 30.5 Å². The number of nitrogens with zero attached hydrogens (tertiary/aromatic N) is 1. The number of likely N-dealkylation sites (tertiary alicyclic amines) is 1. The number of hydrogen-bond acceptors (Lipinski definition) is 5. The van der Waals surface area contributed by atoms with Crippen LogP contribution in [0.2, 0.25) is 0 Å². The first kappa shape index (κ1) is 24.1. The van der Waals surface area contributed by atoms with E-state index in [1.54, 1.807) is 7.11 Å². The molecule has 6 heteroatoms. The average molecular weight is 466 g/mol. The summed E-state index contributed by atoms with van der Waals surface area (Å²) in [6.45, 7) is 8.78. The van der Waals surface area contributed by atoms with Crippen LogP contribution in [0.15, 0.2) is 42.5 Å². The van der Waals surface area contributed by atoms with E-state index in [1.807, 2.05) is 56.0 Å². The SMILES string of the molecule is COc1ccc([C@@H]2CCN(C(=O)OC(C)(C)C)[C@H](C)[C@H]2COc2ccc3c(c2)C(=O)CC3)cc1. The topological polar surface area (TPSA) is 65.1 Å². The number of carbonyl (C=O) groups is 2. The van der Waals surface area contributed by atoms with Gasteiger partial charge in [-0.15, -0.1) is 0 Å². The van der Waals surface area contributed by atoms with Crippen LogP contribution in [-0.4, -0.2) is 48.7 Å². The average Bonchev–Trinajstić information content (AvgIpc) is 3.17. The van der Waals surface area contributed by atoms with Crippen molar-refractivity contribution in [3.05, 3.63) is 59.2 Å². The first-order valence-electron chi connectivity index (χ1n) is 12.1. The van der Waals surface area contributed by atoms with Gasteiger partial charge in [-0.2, -0.15) is 0 Å². The summed E-state index contributed by atoms with van der Waals surface area (Å²) in [6, 6.07) is 13.9. The van der Waals surface area contributed by atoms with E-state index >= 15 is 0 Å². The lowest BCUT2D eigenvalue weighted by molar-refractivity contribution is -0.00605. The Hall–Kier alpha value is -3.02. The van der Waals surface area contributed by atoms with Gasteiger partial charge >= 0.3 is 6.09 Å². The highest BCUT2D eigenvalue weighted by Crippen LogP contribution is 2.39. The number of hydrogen-bond donors (Lipinski definition) is 0. The molecule has 182 valence electrons. The van der Waals surface area contributed by atoms with Crippen LogP contribution in [0.3, 0.4) is 0 Å². The molecule has 3 atom stereocenters. The lowest BCUT2D eigenvalue weighted by Crippen LogP contribution is -2.52. The molecule has 0 bridgehead atoms. The molecular formula is C28H35NO5. The molecule has 1 saturated heterocycles. The number of ether oxygens (including phenoxy) is 3. The van der Waals surface area contributed by atoms with Gasteiger partial charge in [-0.25, -0.2) is 4.79 Å². The molecule has 0 radical (unpaired) electrons. The molecule has 0 unspecified atom stereocenters. The fourth-order valence-electron chi connectivity index (χ4n) is 5.06. The van der Waals surface area contributed by atoms with E-state index in [1.165, 1.54) is 5.56 Å². The van der Waals surface area contributed by atoms with E-state index in [4.69, 9.17) is 14.2 Å². The van der Waals surface area contributed by atoms with E-state index in [2.05, 4.69) is 19.1 Å². The van der Waals surface area contributed by atoms with Gasteiger partial charge in [0.15, 0.2) is 5.78 Å². The molecule has 0 N–H and O–H groups in total. The Bertz CT molecular complexity index is 1040. The van der Waals surface area contributed by atoms with Crippen LogP contribution in [0.5, 0.6) is 11.5 Å². The van der Waals surface area contributed by atoms with Gasteiger partial charge < -0.3 is 19.1 Å². The second-order valence-corrected chi connectivity index (χ2v) is 10.3. The summed E-state index contributed by atoms with van der Waals surface area (Å²) in [5.41, 5.74) is 2.52. The molecule has 1 amide bonds. The van der Waals surface area contributed by atoms with Gasteiger partial charge in [0.05, 0.1) is 13.7 Å². The highest BCUT2D eigenvalue weighted by atomic mass is 16.6. The maximum absolute atomic E-state index is 12.9. The van der Waals surface area contributed by atoms with Gasteiger partial charge in [-0.3, -0.25) is 4.79 Å². The smallest absolute Gasteiger partial charge is 0.410 e. The Kier molecular flexibility index (Phi) is 6.87. The Labute approximate surface area is 202 Å². The number of amides is 1. The molecule has 0 aromatic heterocycles. The van der Waals surface area contributed by atoms with Gasteiger partial charge in [0.2, 0.25) is 0 Å². The summed E-state index contributed by atoms with van der Waals surface area (Å²) in [7, 11) is 1.66. The number of ketones is 1. The third-order valence-electron chi connectivity index (χ3n) is 6.93. The van der Waals surface area contributed by atoms with Gasteiger partial charge in [-0.1, -0.05) is 18.2 Å². The minimum Gasteiger partial charge on any atom is -0.497 e. The predicted molar refractivity (Wildman–Crippen MR) is 131 cm³/mol. The van der Waals surface area contributed by atoms with Crippen molar-refractivity contribution in [1.82, 2.24) is 4.90 Å². The molecule has 1 aliphatic carbocycles. The predicted octanol–water partition coefficient (Wildman–Crippen LogP) is 5.63. The third-order valence-corrected chi connectivity index (χ3v) is 6.93. The van der Waals surface area contributed by atoms with Crippen molar-refractivity contribution in [3.8, 4) is 11.5 Å². The van der Waals surface area contributed by atoms with Crippen LogP contribution < -0.4 is 9.47 Å². The summed E-state index contributed by atoms with van der Waals surface area (Å²) in [6.07, 6.45) is 1.90. The number of aryl methyl sites for hydroxylation is 1. The number of rotatable bonds is 5. The molecule has 2 aliphatic rings. The highest BCUT2D eigenvalue weighted by Gasteiger charge is 2.40. The van der Waals surface area contributed by atoms with Crippen molar-refractivity contribution in [1.29, 1.82) is 0 Å². The molecule has 1 heterocycles. The van der Waals surface area contributed by atoms with Crippen molar-refractivity contribution in [2.75, 3.05) is 20.3 Å². The van der Waals surface area contributed by atoms with Crippen LogP contribution in [0.1, 0.15) is 67.9 Å². The van der Waals surface area contributed by atoms with Gasteiger partial charge in [-0.05, 0) is 81.8 Å². The third kappa shape index (κ3) is 5.21. The number of piperidine rings is 1. The molecular weight excluding hydrogens is 430 g/mol. The Morgan fingerprint density at radius 1 is 1.06 bits per heavy atom. The van der Waals surface area contributed by atoms with E-state index in [0.29, 0.717) is 25.3 Å². The fraction of sp³-hybridized carbons (Fsp3) is 0.500. The molecule has 2 aromatic rings. The molecule has 1 aliphatic heterocycles. The zero-order chi connectivity index (χ0) is 24.5. The molecule has 0 spiro atoms. The number of Topliss-reactive ketones (excluding diaryl/α,β-unsaturated/α-hetero) is 1. The largest absolute Gasteiger partial charge is 0.497 e.